The van der Waals surface area contributed by atoms with Gasteiger partial charge in [0.1, 0.15) is 11.5 Å². The van der Waals surface area contributed by atoms with Crippen molar-refractivity contribution in [1.82, 2.24) is 5.32 Å². The lowest BCUT2D eigenvalue weighted by Crippen LogP contribution is -2.17. The van der Waals surface area contributed by atoms with Gasteiger partial charge in [0.2, 0.25) is 10.0 Å². The molecule has 21 heavy (non-hydrogen) atoms. The SMILES string of the molecule is Cc1ccc(CNC(C)c2ccc(NS(C)(=O)=O)cc2)o1. The third-order valence-corrected chi connectivity index (χ3v) is 3.70. The van der Waals surface area contributed by atoms with E-state index in [1.165, 1.54) is 0 Å². The first kappa shape index (κ1) is 15.6. The summed E-state index contributed by atoms with van der Waals surface area (Å²) in [5, 5.41) is 3.36. The van der Waals surface area contributed by atoms with Gasteiger partial charge in [-0.25, -0.2) is 8.42 Å². The smallest absolute Gasteiger partial charge is 0.229 e. The van der Waals surface area contributed by atoms with E-state index in [9.17, 15) is 8.42 Å². The molecule has 0 aliphatic carbocycles. The number of furan rings is 1. The second-order valence-electron chi connectivity index (χ2n) is 5.11. The van der Waals surface area contributed by atoms with Crippen molar-refractivity contribution >= 4 is 15.7 Å². The lowest BCUT2D eigenvalue weighted by atomic mass is 10.1. The van der Waals surface area contributed by atoms with Crippen molar-refractivity contribution in [3.8, 4) is 0 Å². The Morgan fingerprint density at radius 2 is 1.81 bits per heavy atom. The van der Waals surface area contributed by atoms with E-state index in [2.05, 4.69) is 17.0 Å². The van der Waals surface area contributed by atoms with Crippen LogP contribution in [0.4, 0.5) is 5.69 Å². The molecule has 2 aromatic rings. The average Bonchev–Trinajstić information content (AvgIpc) is 2.81. The summed E-state index contributed by atoms with van der Waals surface area (Å²) < 4.78 is 30.2. The summed E-state index contributed by atoms with van der Waals surface area (Å²) in [5.41, 5.74) is 1.65. The molecular weight excluding hydrogens is 288 g/mol. The van der Waals surface area contributed by atoms with Crippen LogP contribution in [0.5, 0.6) is 0 Å². The topological polar surface area (TPSA) is 71.3 Å². The zero-order valence-electron chi connectivity index (χ0n) is 12.4. The lowest BCUT2D eigenvalue weighted by molar-refractivity contribution is 0.444. The Kier molecular flexibility index (Phi) is 4.69. The monoisotopic (exact) mass is 308 g/mol. The van der Waals surface area contributed by atoms with E-state index in [-0.39, 0.29) is 6.04 Å². The minimum absolute atomic E-state index is 0.141. The van der Waals surface area contributed by atoms with Crippen LogP contribution in [0.2, 0.25) is 0 Å². The summed E-state index contributed by atoms with van der Waals surface area (Å²) in [4.78, 5) is 0. The van der Waals surface area contributed by atoms with Crippen LogP contribution in [-0.2, 0) is 16.6 Å². The van der Waals surface area contributed by atoms with Crippen LogP contribution in [0.15, 0.2) is 40.8 Å². The van der Waals surface area contributed by atoms with Crippen LogP contribution in [0.3, 0.4) is 0 Å². The summed E-state index contributed by atoms with van der Waals surface area (Å²) in [6, 6.07) is 11.3. The maximum Gasteiger partial charge on any atom is 0.229 e. The van der Waals surface area contributed by atoms with Crippen LogP contribution < -0.4 is 10.0 Å². The van der Waals surface area contributed by atoms with E-state index >= 15 is 0 Å². The fraction of sp³-hybridized carbons (Fsp3) is 0.333. The molecule has 114 valence electrons. The maximum atomic E-state index is 11.1. The Hall–Kier alpha value is -1.79. The van der Waals surface area contributed by atoms with Crippen molar-refractivity contribution in [3.05, 3.63) is 53.5 Å². The number of benzene rings is 1. The lowest BCUT2D eigenvalue weighted by Gasteiger charge is -2.14. The van der Waals surface area contributed by atoms with Gasteiger partial charge in [0, 0.05) is 11.7 Å². The normalized spacial score (nSPS) is 13.1. The van der Waals surface area contributed by atoms with Gasteiger partial charge in [-0.05, 0) is 43.7 Å². The van der Waals surface area contributed by atoms with Crippen molar-refractivity contribution in [1.29, 1.82) is 0 Å². The Labute approximate surface area is 125 Å². The van der Waals surface area contributed by atoms with E-state index in [1.54, 1.807) is 12.1 Å². The molecule has 2 N–H and O–H groups in total. The zero-order chi connectivity index (χ0) is 15.5. The highest BCUT2D eigenvalue weighted by Gasteiger charge is 2.07. The molecule has 0 bridgehead atoms. The number of aryl methyl sites for hydroxylation is 1. The van der Waals surface area contributed by atoms with Gasteiger partial charge in [-0.2, -0.15) is 0 Å². The summed E-state index contributed by atoms with van der Waals surface area (Å²) in [5.74, 6) is 1.80. The van der Waals surface area contributed by atoms with Crippen molar-refractivity contribution in [2.24, 2.45) is 0 Å². The van der Waals surface area contributed by atoms with E-state index < -0.39 is 10.0 Å². The third-order valence-electron chi connectivity index (χ3n) is 3.09. The van der Waals surface area contributed by atoms with E-state index in [4.69, 9.17) is 4.42 Å². The number of hydrogen-bond donors (Lipinski definition) is 2. The highest BCUT2D eigenvalue weighted by atomic mass is 32.2. The highest BCUT2D eigenvalue weighted by molar-refractivity contribution is 7.92. The average molecular weight is 308 g/mol. The quantitative estimate of drug-likeness (QED) is 0.861. The second-order valence-corrected chi connectivity index (χ2v) is 6.86. The standard InChI is InChI=1S/C15H20N2O3S/c1-11-4-9-15(20-11)10-16-12(2)13-5-7-14(8-6-13)17-21(3,18)19/h4-9,12,16-17H,10H2,1-3H3. The minimum atomic E-state index is -3.23. The van der Waals surface area contributed by atoms with Gasteiger partial charge in [0.05, 0.1) is 12.8 Å². The predicted molar refractivity (Wildman–Crippen MR) is 83.6 cm³/mol. The molecule has 0 saturated carbocycles. The van der Waals surface area contributed by atoms with Gasteiger partial charge in [-0.1, -0.05) is 12.1 Å². The van der Waals surface area contributed by atoms with Gasteiger partial charge in [0.25, 0.3) is 0 Å². The molecule has 1 heterocycles. The van der Waals surface area contributed by atoms with Gasteiger partial charge in [-0.3, -0.25) is 4.72 Å². The Balaban J connectivity index is 1.94. The van der Waals surface area contributed by atoms with Crippen molar-refractivity contribution in [2.75, 3.05) is 11.0 Å². The van der Waals surface area contributed by atoms with Crippen molar-refractivity contribution < 1.29 is 12.8 Å². The van der Waals surface area contributed by atoms with Crippen LogP contribution >= 0.6 is 0 Å². The maximum absolute atomic E-state index is 11.1. The van der Waals surface area contributed by atoms with E-state index in [0.717, 1.165) is 23.3 Å². The predicted octanol–water partition coefficient (Wildman–Crippen LogP) is 2.81. The van der Waals surface area contributed by atoms with Gasteiger partial charge in [0.15, 0.2) is 0 Å². The van der Waals surface area contributed by atoms with Gasteiger partial charge in [-0.15, -0.1) is 0 Å². The summed E-state index contributed by atoms with van der Waals surface area (Å²) >= 11 is 0. The molecular formula is C15H20N2O3S. The molecule has 1 aromatic heterocycles. The van der Waals surface area contributed by atoms with E-state index in [0.29, 0.717) is 12.2 Å². The largest absolute Gasteiger partial charge is 0.465 e. The molecule has 0 spiro atoms. The molecule has 0 radical (unpaired) electrons. The third kappa shape index (κ3) is 4.91. The Morgan fingerprint density at radius 3 is 2.33 bits per heavy atom. The van der Waals surface area contributed by atoms with Crippen LogP contribution in [-0.4, -0.2) is 14.7 Å². The molecule has 5 nitrogen and oxygen atoms in total. The molecule has 0 aliphatic rings. The number of sulfonamides is 1. The first-order valence-corrected chi connectivity index (χ1v) is 8.59. The molecule has 1 atom stereocenters. The van der Waals surface area contributed by atoms with Gasteiger partial charge >= 0.3 is 0 Å². The van der Waals surface area contributed by atoms with Crippen LogP contribution in [0, 0.1) is 6.92 Å². The number of anilines is 1. The van der Waals surface area contributed by atoms with Crippen molar-refractivity contribution in [3.63, 3.8) is 0 Å². The van der Waals surface area contributed by atoms with Crippen molar-refractivity contribution in [2.45, 2.75) is 26.4 Å². The zero-order valence-corrected chi connectivity index (χ0v) is 13.2. The van der Waals surface area contributed by atoms with Gasteiger partial charge < -0.3 is 9.73 Å². The Morgan fingerprint density at radius 1 is 1.14 bits per heavy atom. The fourth-order valence-corrected chi connectivity index (χ4v) is 2.57. The molecule has 0 saturated heterocycles. The fourth-order valence-electron chi connectivity index (χ4n) is 2.01. The number of hydrogen-bond acceptors (Lipinski definition) is 4. The summed E-state index contributed by atoms with van der Waals surface area (Å²) in [6.07, 6.45) is 1.14. The highest BCUT2D eigenvalue weighted by Crippen LogP contribution is 2.17. The van der Waals surface area contributed by atoms with E-state index in [1.807, 2.05) is 31.2 Å². The number of nitrogens with one attached hydrogen (secondary N) is 2. The number of rotatable bonds is 6. The molecule has 0 fully saturated rings. The first-order valence-electron chi connectivity index (χ1n) is 6.70. The van der Waals surface area contributed by atoms with Crippen LogP contribution in [0.1, 0.15) is 30.0 Å². The first-order chi connectivity index (χ1) is 9.83. The Bertz CT molecular complexity index is 690. The molecule has 0 aliphatic heterocycles. The second kappa shape index (κ2) is 6.32. The molecule has 6 heteroatoms. The van der Waals surface area contributed by atoms with Crippen LogP contribution in [0.25, 0.3) is 0 Å². The molecule has 1 aromatic carbocycles. The summed E-state index contributed by atoms with van der Waals surface area (Å²) in [6.45, 7) is 4.62. The molecule has 2 rings (SSSR count). The molecule has 1 unspecified atom stereocenters. The summed E-state index contributed by atoms with van der Waals surface area (Å²) in [7, 11) is -3.23. The molecule has 0 amide bonds. The minimum Gasteiger partial charge on any atom is -0.465 e.